The third-order valence-corrected chi connectivity index (χ3v) is 9.42. The van der Waals surface area contributed by atoms with Gasteiger partial charge >= 0.3 is 0 Å². The molecule has 0 atom stereocenters. The Morgan fingerprint density at radius 2 is 1.53 bits per heavy atom. The number of carbonyl (C=O) groups excluding carboxylic acids is 1. The third kappa shape index (κ3) is 5.20. The molecule has 1 N–H and O–H groups in total. The van der Waals surface area contributed by atoms with E-state index in [1.54, 1.807) is 26.0 Å². The Morgan fingerprint density at radius 3 is 2.19 bits per heavy atom. The Hall–Kier alpha value is -2.27. The fourth-order valence-electron chi connectivity index (χ4n) is 3.70. The Balaban J connectivity index is 1.82. The number of hydrogen-bond donors (Lipinski definition) is 1. The third-order valence-electron chi connectivity index (χ3n) is 5.48. The van der Waals surface area contributed by atoms with E-state index in [0.29, 0.717) is 31.9 Å². The highest BCUT2D eigenvalue weighted by atomic mass is 32.2. The monoisotopic (exact) mass is 479 g/mol. The first-order valence-electron chi connectivity index (χ1n) is 10.7. The fraction of sp³-hybridized carbons (Fsp3) is 0.409. The first-order chi connectivity index (χ1) is 15.2. The molecule has 10 heteroatoms. The maximum absolute atomic E-state index is 12.9. The summed E-state index contributed by atoms with van der Waals surface area (Å²) < 4.78 is 54.1. The lowest BCUT2D eigenvalue weighted by Crippen LogP contribution is -2.35. The van der Waals surface area contributed by atoms with Crippen molar-refractivity contribution >= 4 is 31.6 Å². The average molecular weight is 480 g/mol. The molecule has 0 radical (unpaired) electrons. The summed E-state index contributed by atoms with van der Waals surface area (Å²) in [5.41, 5.74) is 0.493. The van der Waals surface area contributed by atoms with Gasteiger partial charge in [-0.1, -0.05) is 32.4 Å². The molecule has 174 valence electrons. The lowest BCUT2D eigenvalue weighted by atomic mass is 10.2. The molecule has 0 aliphatic carbocycles. The van der Waals surface area contributed by atoms with Crippen LogP contribution in [0.15, 0.2) is 58.3 Å². The van der Waals surface area contributed by atoms with Crippen molar-refractivity contribution < 1.29 is 21.6 Å². The van der Waals surface area contributed by atoms with E-state index in [2.05, 4.69) is 5.32 Å². The number of benzene rings is 2. The number of anilines is 1. The van der Waals surface area contributed by atoms with Gasteiger partial charge in [-0.05, 0) is 49.2 Å². The number of amides is 1. The molecule has 2 aromatic carbocycles. The number of sulfonamides is 2. The Labute approximate surface area is 190 Å². The molecule has 0 aromatic heterocycles. The first-order valence-corrected chi connectivity index (χ1v) is 13.6. The summed E-state index contributed by atoms with van der Waals surface area (Å²) in [6, 6.07) is 11.9. The van der Waals surface area contributed by atoms with Gasteiger partial charge in [0.25, 0.3) is 5.91 Å². The number of hydrogen-bond acceptors (Lipinski definition) is 5. The molecule has 0 bridgehead atoms. The van der Waals surface area contributed by atoms with Crippen LogP contribution in [0.5, 0.6) is 0 Å². The molecule has 8 nitrogen and oxygen atoms in total. The summed E-state index contributed by atoms with van der Waals surface area (Å²) in [5.74, 6) is -0.519. The van der Waals surface area contributed by atoms with Gasteiger partial charge in [0.2, 0.25) is 20.0 Å². The predicted octanol–water partition coefficient (Wildman–Crippen LogP) is 3.14. The van der Waals surface area contributed by atoms with Gasteiger partial charge in [0.05, 0.1) is 9.79 Å². The number of piperidine rings is 1. The zero-order valence-electron chi connectivity index (χ0n) is 18.3. The van der Waals surface area contributed by atoms with Crippen molar-refractivity contribution in [1.82, 2.24) is 8.61 Å². The molecule has 1 saturated heterocycles. The maximum atomic E-state index is 12.9. The zero-order chi connectivity index (χ0) is 23.4. The molecule has 1 aliphatic rings. The van der Waals surface area contributed by atoms with Crippen molar-refractivity contribution in [3.63, 3.8) is 0 Å². The van der Waals surface area contributed by atoms with Crippen molar-refractivity contribution in [2.24, 2.45) is 0 Å². The summed E-state index contributed by atoms with van der Waals surface area (Å²) >= 11 is 0. The van der Waals surface area contributed by atoms with Crippen molar-refractivity contribution in [2.75, 3.05) is 31.5 Å². The van der Waals surface area contributed by atoms with Crippen LogP contribution in [0.25, 0.3) is 0 Å². The molecule has 1 amide bonds. The van der Waals surface area contributed by atoms with Gasteiger partial charge < -0.3 is 5.32 Å². The van der Waals surface area contributed by atoms with E-state index in [1.807, 2.05) is 0 Å². The quantitative estimate of drug-likeness (QED) is 0.626. The molecule has 1 fully saturated rings. The second-order valence-corrected chi connectivity index (χ2v) is 11.4. The second-order valence-electron chi connectivity index (χ2n) is 7.56. The van der Waals surface area contributed by atoms with Gasteiger partial charge in [-0.2, -0.15) is 8.61 Å². The molecule has 32 heavy (non-hydrogen) atoms. The Kier molecular flexibility index (Phi) is 7.71. The van der Waals surface area contributed by atoms with Crippen LogP contribution < -0.4 is 5.32 Å². The summed E-state index contributed by atoms with van der Waals surface area (Å²) in [6.07, 6.45) is 2.69. The van der Waals surface area contributed by atoms with E-state index in [1.165, 1.54) is 45.0 Å². The SMILES string of the molecule is CCN(CC)S(=O)(=O)c1cccc(C(=O)Nc2cccc(S(=O)(=O)N3CCCCC3)c2)c1. The maximum Gasteiger partial charge on any atom is 0.255 e. The number of nitrogens with one attached hydrogen (secondary N) is 1. The Bertz CT molecular complexity index is 1170. The van der Waals surface area contributed by atoms with E-state index < -0.39 is 26.0 Å². The van der Waals surface area contributed by atoms with Crippen LogP contribution in [0.1, 0.15) is 43.5 Å². The lowest BCUT2D eigenvalue weighted by Gasteiger charge is -2.26. The minimum absolute atomic E-state index is 0.0373. The van der Waals surface area contributed by atoms with Crippen LogP contribution in [-0.2, 0) is 20.0 Å². The molecule has 0 unspecified atom stereocenters. The van der Waals surface area contributed by atoms with E-state index in [4.69, 9.17) is 0 Å². The van der Waals surface area contributed by atoms with Gasteiger partial charge in [-0.25, -0.2) is 16.8 Å². The fourth-order valence-corrected chi connectivity index (χ4v) is 6.77. The van der Waals surface area contributed by atoms with Gasteiger partial charge in [0.1, 0.15) is 0 Å². The molecule has 0 saturated carbocycles. The summed E-state index contributed by atoms with van der Waals surface area (Å²) in [7, 11) is -7.33. The predicted molar refractivity (Wildman–Crippen MR) is 124 cm³/mol. The molecular weight excluding hydrogens is 450 g/mol. The van der Waals surface area contributed by atoms with Crippen LogP contribution >= 0.6 is 0 Å². The van der Waals surface area contributed by atoms with E-state index in [9.17, 15) is 21.6 Å². The average Bonchev–Trinajstić information content (AvgIpc) is 2.80. The van der Waals surface area contributed by atoms with Gasteiger partial charge in [0, 0.05) is 37.4 Å². The highest BCUT2D eigenvalue weighted by Gasteiger charge is 2.26. The molecule has 1 heterocycles. The standard InChI is InChI=1S/C22H29N3O5S2/c1-3-24(4-2)31(27,28)20-12-8-10-18(16-20)22(26)23-19-11-9-13-21(17-19)32(29,30)25-14-6-5-7-15-25/h8-13,16-17H,3-7,14-15H2,1-2H3,(H,23,26). The largest absolute Gasteiger partial charge is 0.322 e. The van der Waals surface area contributed by atoms with Crippen LogP contribution in [-0.4, -0.2) is 57.5 Å². The molecule has 0 spiro atoms. The first kappa shape index (κ1) is 24.4. The van der Waals surface area contributed by atoms with Gasteiger partial charge in [0.15, 0.2) is 0 Å². The Morgan fingerprint density at radius 1 is 0.906 bits per heavy atom. The van der Waals surface area contributed by atoms with Crippen LogP contribution in [0.3, 0.4) is 0 Å². The van der Waals surface area contributed by atoms with Crippen molar-refractivity contribution in [2.45, 2.75) is 42.9 Å². The highest BCUT2D eigenvalue weighted by molar-refractivity contribution is 7.89. The summed E-state index contributed by atoms with van der Waals surface area (Å²) in [5, 5.41) is 2.68. The normalized spacial score (nSPS) is 15.6. The van der Waals surface area contributed by atoms with E-state index in [-0.39, 0.29) is 15.4 Å². The van der Waals surface area contributed by atoms with Crippen molar-refractivity contribution in [3.05, 3.63) is 54.1 Å². The van der Waals surface area contributed by atoms with Crippen LogP contribution in [0.4, 0.5) is 5.69 Å². The van der Waals surface area contributed by atoms with E-state index in [0.717, 1.165) is 19.3 Å². The second kappa shape index (κ2) is 10.1. The number of rotatable bonds is 8. The van der Waals surface area contributed by atoms with Gasteiger partial charge in [-0.3, -0.25) is 4.79 Å². The van der Waals surface area contributed by atoms with Crippen molar-refractivity contribution in [1.29, 1.82) is 0 Å². The molecule has 1 aliphatic heterocycles. The lowest BCUT2D eigenvalue weighted by molar-refractivity contribution is 0.102. The molecular formula is C22H29N3O5S2. The number of nitrogens with zero attached hydrogens (tertiary/aromatic N) is 2. The smallest absolute Gasteiger partial charge is 0.255 e. The number of carbonyl (C=O) groups is 1. The summed E-state index contributed by atoms with van der Waals surface area (Å²) in [4.78, 5) is 12.9. The highest BCUT2D eigenvalue weighted by Crippen LogP contribution is 2.24. The minimum Gasteiger partial charge on any atom is -0.322 e. The van der Waals surface area contributed by atoms with Crippen LogP contribution in [0.2, 0.25) is 0 Å². The topological polar surface area (TPSA) is 104 Å². The van der Waals surface area contributed by atoms with E-state index >= 15 is 0 Å². The van der Waals surface area contributed by atoms with Crippen LogP contribution in [0, 0.1) is 0 Å². The zero-order valence-corrected chi connectivity index (χ0v) is 20.0. The minimum atomic E-state index is -3.70. The van der Waals surface area contributed by atoms with Crippen molar-refractivity contribution in [3.8, 4) is 0 Å². The van der Waals surface area contributed by atoms with Gasteiger partial charge in [-0.15, -0.1) is 0 Å². The molecule has 2 aromatic rings. The summed E-state index contributed by atoms with van der Waals surface area (Å²) in [6.45, 7) is 5.14. The molecule has 3 rings (SSSR count).